The Kier molecular flexibility index (Phi) is 3.94. The zero-order valence-electron chi connectivity index (χ0n) is 12.4. The SMILES string of the molecule is COC(=O)c1cc(F)cc(S(=O)(=O)Nc2nc3ccccc3[nH]2)c1. The molecule has 0 aliphatic rings. The predicted octanol–water partition coefficient (Wildman–Crippen LogP) is 2.29. The summed E-state index contributed by atoms with van der Waals surface area (Å²) >= 11 is 0. The van der Waals surface area contributed by atoms with Crippen molar-refractivity contribution in [3.05, 3.63) is 53.8 Å². The van der Waals surface area contributed by atoms with Gasteiger partial charge in [-0.25, -0.2) is 27.3 Å². The fourth-order valence-electron chi connectivity index (χ4n) is 2.14. The number of ether oxygens (including phenoxy) is 1. The lowest BCUT2D eigenvalue weighted by Crippen LogP contribution is -2.15. The van der Waals surface area contributed by atoms with Crippen molar-refractivity contribution in [2.24, 2.45) is 0 Å². The first-order valence-corrected chi connectivity index (χ1v) is 8.24. The summed E-state index contributed by atoms with van der Waals surface area (Å²) in [6.45, 7) is 0. The molecule has 0 amide bonds. The van der Waals surface area contributed by atoms with Crippen LogP contribution in [0.15, 0.2) is 47.4 Å². The molecule has 24 heavy (non-hydrogen) atoms. The van der Waals surface area contributed by atoms with Gasteiger partial charge in [0, 0.05) is 0 Å². The van der Waals surface area contributed by atoms with Gasteiger partial charge in [0.25, 0.3) is 10.0 Å². The second-order valence-electron chi connectivity index (χ2n) is 4.88. The zero-order chi connectivity index (χ0) is 17.3. The number of para-hydroxylation sites is 2. The van der Waals surface area contributed by atoms with E-state index in [0.717, 1.165) is 25.3 Å². The first-order valence-electron chi connectivity index (χ1n) is 6.75. The van der Waals surface area contributed by atoms with Crippen LogP contribution in [0.3, 0.4) is 0 Å². The lowest BCUT2D eigenvalue weighted by molar-refractivity contribution is 0.0600. The van der Waals surface area contributed by atoms with Crippen LogP contribution in [0.2, 0.25) is 0 Å². The van der Waals surface area contributed by atoms with Crippen molar-refractivity contribution in [2.45, 2.75) is 4.90 Å². The molecule has 0 aliphatic carbocycles. The van der Waals surface area contributed by atoms with E-state index < -0.39 is 26.7 Å². The van der Waals surface area contributed by atoms with Gasteiger partial charge in [0.05, 0.1) is 28.6 Å². The Balaban J connectivity index is 1.98. The van der Waals surface area contributed by atoms with Gasteiger partial charge in [-0.1, -0.05) is 12.1 Å². The molecule has 0 aliphatic heterocycles. The number of carbonyl (C=O) groups is 1. The molecule has 0 spiro atoms. The van der Waals surface area contributed by atoms with Crippen molar-refractivity contribution in [1.82, 2.24) is 9.97 Å². The van der Waals surface area contributed by atoms with Crippen molar-refractivity contribution in [3.8, 4) is 0 Å². The topological polar surface area (TPSA) is 101 Å². The van der Waals surface area contributed by atoms with Crippen LogP contribution in [0.1, 0.15) is 10.4 Å². The lowest BCUT2D eigenvalue weighted by atomic mass is 10.2. The fourth-order valence-corrected chi connectivity index (χ4v) is 3.16. The number of nitrogens with one attached hydrogen (secondary N) is 2. The summed E-state index contributed by atoms with van der Waals surface area (Å²) in [7, 11) is -3.02. The molecule has 9 heteroatoms. The van der Waals surface area contributed by atoms with Gasteiger partial charge in [-0.2, -0.15) is 0 Å². The van der Waals surface area contributed by atoms with Crippen LogP contribution in [0.5, 0.6) is 0 Å². The van der Waals surface area contributed by atoms with Gasteiger partial charge in [0.1, 0.15) is 5.82 Å². The second-order valence-corrected chi connectivity index (χ2v) is 6.56. The first kappa shape index (κ1) is 15.9. The Morgan fingerprint density at radius 3 is 2.71 bits per heavy atom. The number of benzene rings is 2. The van der Waals surface area contributed by atoms with Gasteiger partial charge in [-0.05, 0) is 30.3 Å². The van der Waals surface area contributed by atoms with E-state index in [1.165, 1.54) is 0 Å². The van der Waals surface area contributed by atoms with Crippen molar-refractivity contribution in [3.63, 3.8) is 0 Å². The number of nitrogens with zero attached hydrogens (tertiary/aromatic N) is 1. The number of aromatic amines is 1. The summed E-state index contributed by atoms with van der Waals surface area (Å²) in [4.78, 5) is 18.0. The van der Waals surface area contributed by atoms with E-state index in [0.29, 0.717) is 11.0 Å². The molecule has 0 atom stereocenters. The number of methoxy groups -OCH3 is 1. The summed E-state index contributed by atoms with van der Waals surface area (Å²) in [6, 6.07) is 9.70. The quantitative estimate of drug-likeness (QED) is 0.704. The minimum atomic E-state index is -4.14. The van der Waals surface area contributed by atoms with Crippen LogP contribution in [-0.2, 0) is 14.8 Å². The van der Waals surface area contributed by atoms with E-state index >= 15 is 0 Å². The van der Waals surface area contributed by atoms with E-state index in [-0.39, 0.29) is 11.5 Å². The van der Waals surface area contributed by atoms with Gasteiger partial charge < -0.3 is 9.72 Å². The standard InChI is InChI=1S/C15H12FN3O4S/c1-23-14(20)9-6-10(16)8-11(7-9)24(21,22)19-15-17-12-4-2-3-5-13(12)18-15/h2-8H,1H3,(H2,17,18,19). The van der Waals surface area contributed by atoms with Gasteiger partial charge >= 0.3 is 5.97 Å². The van der Waals surface area contributed by atoms with Crippen LogP contribution in [-0.4, -0.2) is 31.5 Å². The third kappa shape index (κ3) is 3.06. The largest absolute Gasteiger partial charge is 0.465 e. The summed E-state index contributed by atoms with van der Waals surface area (Å²) in [5, 5.41) is 0. The number of esters is 1. The van der Waals surface area contributed by atoms with Gasteiger partial charge in [0.2, 0.25) is 5.95 Å². The maximum atomic E-state index is 13.6. The number of sulfonamides is 1. The fraction of sp³-hybridized carbons (Fsp3) is 0.0667. The number of hydrogen-bond acceptors (Lipinski definition) is 5. The molecule has 3 aromatic rings. The molecule has 0 unspecified atom stereocenters. The molecular formula is C15H12FN3O4S. The van der Waals surface area contributed by atoms with E-state index in [2.05, 4.69) is 19.4 Å². The molecule has 0 bridgehead atoms. The van der Waals surface area contributed by atoms with Gasteiger partial charge in [-0.15, -0.1) is 0 Å². The molecule has 7 nitrogen and oxygen atoms in total. The van der Waals surface area contributed by atoms with E-state index in [1.54, 1.807) is 24.3 Å². The van der Waals surface area contributed by atoms with Gasteiger partial charge in [-0.3, -0.25) is 0 Å². The Hall–Kier alpha value is -2.94. The van der Waals surface area contributed by atoms with Crippen LogP contribution in [0, 0.1) is 5.82 Å². The number of carbonyl (C=O) groups excluding carboxylic acids is 1. The number of hydrogen-bond donors (Lipinski definition) is 2. The van der Waals surface area contributed by atoms with Crippen LogP contribution >= 0.6 is 0 Å². The Morgan fingerprint density at radius 1 is 1.25 bits per heavy atom. The Bertz CT molecular complexity index is 997. The maximum absolute atomic E-state index is 13.6. The number of halogens is 1. The number of rotatable bonds is 4. The summed E-state index contributed by atoms with van der Waals surface area (Å²) < 4.78 is 45.1. The number of anilines is 1. The number of fused-ring (bicyclic) bond motifs is 1. The van der Waals surface area contributed by atoms with E-state index in [1.807, 2.05) is 0 Å². The summed E-state index contributed by atoms with van der Waals surface area (Å²) in [5.41, 5.74) is 1.01. The highest BCUT2D eigenvalue weighted by molar-refractivity contribution is 7.92. The predicted molar refractivity (Wildman–Crippen MR) is 84.6 cm³/mol. The molecule has 0 saturated heterocycles. The van der Waals surface area contributed by atoms with Crippen LogP contribution in [0.4, 0.5) is 10.3 Å². The number of H-pyrrole nitrogens is 1. The molecule has 2 aromatic carbocycles. The third-order valence-corrected chi connectivity index (χ3v) is 4.54. The first-order chi connectivity index (χ1) is 11.4. The van der Waals surface area contributed by atoms with E-state index in [4.69, 9.17) is 0 Å². The smallest absolute Gasteiger partial charge is 0.337 e. The number of imidazole rings is 1. The minimum Gasteiger partial charge on any atom is -0.465 e. The molecule has 1 aromatic heterocycles. The molecule has 0 radical (unpaired) electrons. The van der Waals surface area contributed by atoms with Crippen LogP contribution < -0.4 is 4.72 Å². The normalized spacial score (nSPS) is 11.4. The van der Waals surface area contributed by atoms with Crippen molar-refractivity contribution in [1.29, 1.82) is 0 Å². The van der Waals surface area contributed by atoms with Crippen LogP contribution in [0.25, 0.3) is 11.0 Å². The average Bonchev–Trinajstić information content (AvgIpc) is 2.94. The molecule has 2 N–H and O–H groups in total. The lowest BCUT2D eigenvalue weighted by Gasteiger charge is -2.07. The monoisotopic (exact) mass is 349 g/mol. The molecule has 0 fully saturated rings. The molecular weight excluding hydrogens is 337 g/mol. The number of aromatic nitrogens is 2. The third-order valence-electron chi connectivity index (χ3n) is 3.22. The summed E-state index contributed by atoms with van der Waals surface area (Å²) in [5.74, 6) is -1.72. The zero-order valence-corrected chi connectivity index (χ0v) is 13.2. The molecule has 0 saturated carbocycles. The molecule has 124 valence electrons. The molecule has 1 heterocycles. The minimum absolute atomic E-state index is 0.0138. The van der Waals surface area contributed by atoms with Gasteiger partial charge in [0.15, 0.2) is 0 Å². The highest BCUT2D eigenvalue weighted by Gasteiger charge is 2.20. The molecule has 3 rings (SSSR count). The van der Waals surface area contributed by atoms with Crippen molar-refractivity contribution < 1.29 is 22.3 Å². The highest BCUT2D eigenvalue weighted by Crippen LogP contribution is 2.20. The van der Waals surface area contributed by atoms with E-state index in [9.17, 15) is 17.6 Å². The maximum Gasteiger partial charge on any atom is 0.337 e. The average molecular weight is 349 g/mol. The highest BCUT2D eigenvalue weighted by atomic mass is 32.2. The Morgan fingerprint density at radius 2 is 2.00 bits per heavy atom. The second kappa shape index (κ2) is 5.93. The summed E-state index contributed by atoms with van der Waals surface area (Å²) in [6.07, 6.45) is 0. The van der Waals surface area contributed by atoms with Crippen molar-refractivity contribution in [2.75, 3.05) is 11.8 Å². The van der Waals surface area contributed by atoms with Crippen molar-refractivity contribution >= 4 is 33.0 Å². The Labute approximate surface area is 136 Å².